The van der Waals surface area contributed by atoms with Crippen LogP contribution in [0.1, 0.15) is 25.5 Å². The summed E-state index contributed by atoms with van der Waals surface area (Å²) < 4.78 is 10.7. The largest absolute Gasteiger partial charge is 0.497 e. The number of amides is 1. The monoisotopic (exact) mass is 335 g/mol. The van der Waals surface area contributed by atoms with Crippen molar-refractivity contribution in [3.05, 3.63) is 29.8 Å². The van der Waals surface area contributed by atoms with Crippen LogP contribution >= 0.6 is 0 Å². The number of benzene rings is 1. The van der Waals surface area contributed by atoms with Crippen molar-refractivity contribution < 1.29 is 14.3 Å². The number of carbonyl (C=O) groups is 1. The lowest BCUT2D eigenvalue weighted by atomic mass is 10.0. The lowest BCUT2D eigenvalue weighted by Gasteiger charge is -2.31. The molecule has 6 heteroatoms. The van der Waals surface area contributed by atoms with Gasteiger partial charge >= 0.3 is 0 Å². The standard InChI is InChI=1S/C18H29N3O3/c1-4-21(5-2)17(14-7-6-8-15(11-14)23-3)12-20-18(22)16-13-24-10-9-19-16/h6-8,11,16-17,19H,4-5,9-10,12-13H2,1-3H3,(H,20,22). The van der Waals surface area contributed by atoms with Gasteiger partial charge in [-0.05, 0) is 30.8 Å². The first-order valence-electron chi connectivity index (χ1n) is 8.66. The van der Waals surface area contributed by atoms with Gasteiger partial charge in [-0.3, -0.25) is 9.69 Å². The molecule has 0 spiro atoms. The number of nitrogens with one attached hydrogen (secondary N) is 2. The van der Waals surface area contributed by atoms with E-state index in [2.05, 4.69) is 35.4 Å². The first-order valence-corrected chi connectivity index (χ1v) is 8.66. The van der Waals surface area contributed by atoms with Gasteiger partial charge in [-0.1, -0.05) is 26.0 Å². The summed E-state index contributed by atoms with van der Waals surface area (Å²) >= 11 is 0. The summed E-state index contributed by atoms with van der Waals surface area (Å²) in [5.74, 6) is 0.827. The summed E-state index contributed by atoms with van der Waals surface area (Å²) in [7, 11) is 1.67. The van der Waals surface area contributed by atoms with Gasteiger partial charge in [0, 0.05) is 13.1 Å². The Morgan fingerprint density at radius 2 is 2.25 bits per heavy atom. The van der Waals surface area contributed by atoms with E-state index in [0.717, 1.165) is 24.4 Å². The molecule has 0 aromatic heterocycles. The van der Waals surface area contributed by atoms with Crippen molar-refractivity contribution in [3.8, 4) is 5.75 Å². The van der Waals surface area contributed by atoms with E-state index in [1.807, 2.05) is 18.2 Å². The van der Waals surface area contributed by atoms with E-state index in [0.29, 0.717) is 26.3 Å². The van der Waals surface area contributed by atoms with Crippen LogP contribution in [0.4, 0.5) is 0 Å². The number of hydrogen-bond donors (Lipinski definition) is 2. The summed E-state index contributed by atoms with van der Waals surface area (Å²) in [4.78, 5) is 14.7. The SMILES string of the molecule is CCN(CC)C(CNC(=O)C1COCCN1)c1cccc(OC)c1. The first-order chi connectivity index (χ1) is 11.7. The fourth-order valence-electron chi connectivity index (χ4n) is 3.03. The summed E-state index contributed by atoms with van der Waals surface area (Å²) in [5, 5.41) is 6.26. The molecule has 1 aromatic rings. The van der Waals surface area contributed by atoms with E-state index < -0.39 is 0 Å². The lowest BCUT2D eigenvalue weighted by molar-refractivity contribution is -0.126. The second-order valence-corrected chi connectivity index (χ2v) is 5.84. The predicted octanol–water partition coefficient (Wildman–Crippen LogP) is 1.18. The predicted molar refractivity (Wildman–Crippen MR) is 94.3 cm³/mol. The average Bonchev–Trinajstić information content (AvgIpc) is 2.65. The van der Waals surface area contributed by atoms with Crippen LogP contribution in [0.2, 0.25) is 0 Å². The molecule has 0 saturated carbocycles. The van der Waals surface area contributed by atoms with Gasteiger partial charge in [-0.25, -0.2) is 0 Å². The fraction of sp³-hybridized carbons (Fsp3) is 0.611. The summed E-state index contributed by atoms with van der Waals surface area (Å²) in [6, 6.07) is 7.90. The molecule has 0 aliphatic carbocycles. The Labute approximate surface area is 144 Å². The van der Waals surface area contributed by atoms with Crippen LogP contribution in [-0.2, 0) is 9.53 Å². The van der Waals surface area contributed by atoms with Crippen molar-refractivity contribution in [1.29, 1.82) is 0 Å². The third-order valence-corrected chi connectivity index (χ3v) is 4.44. The van der Waals surface area contributed by atoms with Gasteiger partial charge in [0.1, 0.15) is 11.8 Å². The zero-order valence-electron chi connectivity index (χ0n) is 14.9. The molecule has 0 bridgehead atoms. The normalized spacial score (nSPS) is 19.1. The zero-order chi connectivity index (χ0) is 17.4. The number of morpholine rings is 1. The van der Waals surface area contributed by atoms with E-state index in [4.69, 9.17) is 9.47 Å². The van der Waals surface area contributed by atoms with Gasteiger partial charge in [0.25, 0.3) is 0 Å². The highest BCUT2D eigenvalue weighted by atomic mass is 16.5. The minimum Gasteiger partial charge on any atom is -0.497 e. The number of carbonyl (C=O) groups excluding carboxylic acids is 1. The van der Waals surface area contributed by atoms with Gasteiger partial charge in [0.05, 0.1) is 26.4 Å². The maximum absolute atomic E-state index is 12.4. The maximum atomic E-state index is 12.4. The number of rotatable bonds is 8. The van der Waals surface area contributed by atoms with Crippen molar-refractivity contribution in [3.63, 3.8) is 0 Å². The quantitative estimate of drug-likeness (QED) is 0.747. The molecule has 1 saturated heterocycles. The maximum Gasteiger partial charge on any atom is 0.239 e. The van der Waals surface area contributed by atoms with Crippen LogP contribution in [0.25, 0.3) is 0 Å². The first kappa shape index (κ1) is 18.7. The second kappa shape index (κ2) is 9.61. The molecule has 2 N–H and O–H groups in total. The molecule has 24 heavy (non-hydrogen) atoms. The zero-order valence-corrected chi connectivity index (χ0v) is 14.9. The minimum atomic E-state index is -0.263. The molecule has 1 amide bonds. The topological polar surface area (TPSA) is 62.8 Å². The molecule has 1 aromatic carbocycles. The molecule has 1 aliphatic rings. The lowest BCUT2D eigenvalue weighted by Crippen LogP contribution is -2.52. The Bertz CT molecular complexity index is 514. The van der Waals surface area contributed by atoms with E-state index in [1.165, 1.54) is 0 Å². The third-order valence-electron chi connectivity index (χ3n) is 4.44. The number of likely N-dealkylation sites (N-methyl/N-ethyl adjacent to an activating group) is 1. The number of nitrogens with zero attached hydrogens (tertiary/aromatic N) is 1. The molecule has 0 radical (unpaired) electrons. The minimum absolute atomic E-state index is 0.00486. The van der Waals surface area contributed by atoms with E-state index in [1.54, 1.807) is 7.11 Å². The Hall–Kier alpha value is -1.63. The van der Waals surface area contributed by atoms with E-state index in [-0.39, 0.29) is 18.0 Å². The highest BCUT2D eigenvalue weighted by molar-refractivity contribution is 5.82. The molecular weight excluding hydrogens is 306 g/mol. The highest BCUT2D eigenvalue weighted by Gasteiger charge is 2.24. The Balaban J connectivity index is 2.06. The van der Waals surface area contributed by atoms with Crippen molar-refractivity contribution in [2.75, 3.05) is 46.5 Å². The van der Waals surface area contributed by atoms with Gasteiger partial charge in [-0.15, -0.1) is 0 Å². The second-order valence-electron chi connectivity index (χ2n) is 5.84. The molecule has 1 aliphatic heterocycles. The number of methoxy groups -OCH3 is 1. The van der Waals surface area contributed by atoms with Crippen molar-refractivity contribution >= 4 is 5.91 Å². The molecule has 1 fully saturated rings. The summed E-state index contributed by atoms with van der Waals surface area (Å²) in [6.07, 6.45) is 0. The number of ether oxygens (including phenoxy) is 2. The Morgan fingerprint density at radius 3 is 2.88 bits per heavy atom. The van der Waals surface area contributed by atoms with Crippen LogP contribution in [-0.4, -0.2) is 63.4 Å². The molecule has 2 unspecified atom stereocenters. The molecule has 6 nitrogen and oxygen atoms in total. The molecule has 134 valence electrons. The molecule has 2 rings (SSSR count). The summed E-state index contributed by atoms with van der Waals surface area (Å²) in [5.41, 5.74) is 1.14. The van der Waals surface area contributed by atoms with Crippen molar-refractivity contribution in [1.82, 2.24) is 15.5 Å². The van der Waals surface area contributed by atoms with Gasteiger partial charge in [0.2, 0.25) is 5.91 Å². The smallest absolute Gasteiger partial charge is 0.239 e. The highest BCUT2D eigenvalue weighted by Crippen LogP contribution is 2.23. The molecule has 2 atom stereocenters. The van der Waals surface area contributed by atoms with Crippen LogP contribution in [0.15, 0.2) is 24.3 Å². The average molecular weight is 335 g/mol. The summed E-state index contributed by atoms with van der Waals surface area (Å²) in [6.45, 7) is 8.47. The molecule has 1 heterocycles. The van der Waals surface area contributed by atoms with Crippen molar-refractivity contribution in [2.45, 2.75) is 25.9 Å². The van der Waals surface area contributed by atoms with Crippen LogP contribution < -0.4 is 15.4 Å². The Kier molecular flexibility index (Phi) is 7.49. The van der Waals surface area contributed by atoms with E-state index in [9.17, 15) is 4.79 Å². The van der Waals surface area contributed by atoms with Gasteiger partial charge < -0.3 is 20.1 Å². The van der Waals surface area contributed by atoms with Gasteiger partial charge in [-0.2, -0.15) is 0 Å². The van der Waals surface area contributed by atoms with E-state index >= 15 is 0 Å². The number of hydrogen-bond acceptors (Lipinski definition) is 5. The third kappa shape index (κ3) is 4.93. The Morgan fingerprint density at radius 1 is 1.46 bits per heavy atom. The fourth-order valence-corrected chi connectivity index (χ4v) is 3.03. The van der Waals surface area contributed by atoms with Crippen LogP contribution in [0, 0.1) is 0 Å². The van der Waals surface area contributed by atoms with Gasteiger partial charge in [0.15, 0.2) is 0 Å². The van der Waals surface area contributed by atoms with Crippen LogP contribution in [0.3, 0.4) is 0 Å². The van der Waals surface area contributed by atoms with Crippen LogP contribution in [0.5, 0.6) is 5.75 Å². The molecular formula is C18H29N3O3. The van der Waals surface area contributed by atoms with Crippen molar-refractivity contribution in [2.24, 2.45) is 0 Å².